The largest absolute Gasteiger partial charge is 0.364 e. The Morgan fingerprint density at radius 3 is 2.16 bits per heavy atom. The minimum Gasteiger partial charge on any atom is -0.364 e. The quantitative estimate of drug-likeness (QED) is 0.403. The maximum absolute atomic E-state index is 2.42. The highest BCUT2D eigenvalue weighted by Crippen LogP contribution is 2.42. The summed E-state index contributed by atoms with van der Waals surface area (Å²) in [4.78, 5) is 2.23. The van der Waals surface area contributed by atoms with Gasteiger partial charge in [-0.2, -0.15) is 0 Å². The maximum atomic E-state index is 2.42. The number of para-hydroxylation sites is 1. The molecule has 25 heavy (non-hydrogen) atoms. The molecule has 0 aliphatic rings. The van der Waals surface area contributed by atoms with Crippen molar-refractivity contribution >= 4 is 33.0 Å². The van der Waals surface area contributed by atoms with Crippen molar-refractivity contribution in [2.45, 2.75) is 6.92 Å². The van der Waals surface area contributed by atoms with Crippen molar-refractivity contribution in [2.75, 3.05) is 19.0 Å². The minimum atomic E-state index is 1.27. The van der Waals surface area contributed by atoms with Crippen LogP contribution >= 0.6 is 0 Å². The molecule has 0 aliphatic heterocycles. The zero-order valence-corrected chi connectivity index (χ0v) is 14.7. The highest BCUT2D eigenvalue weighted by molar-refractivity contribution is 6.18. The van der Waals surface area contributed by atoms with E-state index in [4.69, 9.17) is 0 Å². The van der Waals surface area contributed by atoms with Gasteiger partial charge in [-0.15, -0.1) is 0 Å². The van der Waals surface area contributed by atoms with Gasteiger partial charge in [-0.05, 0) is 41.8 Å². The van der Waals surface area contributed by atoms with E-state index in [0.717, 1.165) is 0 Å². The summed E-state index contributed by atoms with van der Waals surface area (Å²) < 4.78 is 2.42. The molecule has 0 spiro atoms. The van der Waals surface area contributed by atoms with Crippen molar-refractivity contribution in [2.24, 2.45) is 0 Å². The second-order valence-corrected chi connectivity index (χ2v) is 6.98. The van der Waals surface area contributed by atoms with Crippen molar-refractivity contribution in [3.63, 3.8) is 0 Å². The van der Waals surface area contributed by atoms with Gasteiger partial charge >= 0.3 is 0 Å². The van der Waals surface area contributed by atoms with Gasteiger partial charge in [-0.25, -0.2) is 0 Å². The first-order chi connectivity index (χ1) is 12.2. The Morgan fingerprint density at radius 1 is 0.720 bits per heavy atom. The van der Waals surface area contributed by atoms with Crippen LogP contribution in [-0.4, -0.2) is 18.5 Å². The van der Waals surface area contributed by atoms with Crippen LogP contribution < -0.4 is 4.90 Å². The van der Waals surface area contributed by atoms with Crippen molar-refractivity contribution in [1.82, 2.24) is 4.40 Å². The summed E-state index contributed by atoms with van der Waals surface area (Å²) in [5, 5.41) is 4.00. The van der Waals surface area contributed by atoms with Crippen molar-refractivity contribution in [1.29, 1.82) is 0 Å². The van der Waals surface area contributed by atoms with E-state index < -0.39 is 0 Å². The van der Waals surface area contributed by atoms with Crippen molar-refractivity contribution in [3.8, 4) is 11.1 Å². The van der Waals surface area contributed by atoms with E-state index >= 15 is 0 Å². The molecule has 0 aliphatic carbocycles. The fraction of sp³-hybridized carbons (Fsp3) is 0.130. The van der Waals surface area contributed by atoms with E-state index in [1.54, 1.807) is 0 Å². The standard InChI is InChI=1S/C23H20N2/c1-15-19-13-17(16-9-5-4-6-10-16)14-20-18-11-7-8-12-21(18)25(22(19)20)23(15)24(2)3/h4-14H,1-3H3. The molecule has 2 heterocycles. The molecule has 5 aromatic rings. The molecule has 0 amide bonds. The van der Waals surface area contributed by atoms with E-state index in [1.165, 1.54) is 49.7 Å². The lowest BCUT2D eigenvalue weighted by molar-refractivity contribution is 1.05. The van der Waals surface area contributed by atoms with Gasteiger partial charge in [0.2, 0.25) is 0 Å². The van der Waals surface area contributed by atoms with Crippen LogP contribution in [0.4, 0.5) is 5.82 Å². The molecule has 0 saturated heterocycles. The van der Waals surface area contributed by atoms with Crippen LogP contribution in [0.15, 0.2) is 66.7 Å². The van der Waals surface area contributed by atoms with Gasteiger partial charge in [0.1, 0.15) is 5.82 Å². The van der Waals surface area contributed by atoms with Gasteiger partial charge < -0.3 is 4.90 Å². The molecular formula is C23H20N2. The highest BCUT2D eigenvalue weighted by atomic mass is 15.2. The fourth-order valence-electron chi connectivity index (χ4n) is 4.22. The Kier molecular flexibility index (Phi) is 2.87. The lowest BCUT2D eigenvalue weighted by Crippen LogP contribution is -2.12. The highest BCUT2D eigenvalue weighted by Gasteiger charge is 2.21. The van der Waals surface area contributed by atoms with Crippen LogP contribution in [0.3, 0.4) is 0 Å². The lowest BCUT2D eigenvalue weighted by atomic mass is 9.99. The molecule has 0 unspecified atom stereocenters. The molecule has 122 valence electrons. The first-order valence-electron chi connectivity index (χ1n) is 8.68. The number of nitrogens with zero attached hydrogens (tertiary/aromatic N) is 2. The molecule has 0 saturated carbocycles. The average molecular weight is 324 g/mol. The number of hydrogen-bond donors (Lipinski definition) is 0. The zero-order chi connectivity index (χ0) is 17.1. The zero-order valence-electron chi connectivity index (χ0n) is 14.7. The Bertz CT molecular complexity index is 1210. The summed E-state index contributed by atoms with van der Waals surface area (Å²) in [5.74, 6) is 1.27. The molecule has 0 radical (unpaired) electrons. The first kappa shape index (κ1) is 14.4. The maximum Gasteiger partial charge on any atom is 0.116 e. The minimum absolute atomic E-state index is 1.27. The average Bonchev–Trinajstić information content (AvgIpc) is 3.12. The monoisotopic (exact) mass is 324 g/mol. The Balaban J connectivity index is 2.02. The van der Waals surface area contributed by atoms with E-state index in [2.05, 4.69) is 97.0 Å². The molecule has 2 nitrogen and oxygen atoms in total. The number of rotatable bonds is 2. The van der Waals surface area contributed by atoms with Crippen LogP contribution in [0.5, 0.6) is 0 Å². The molecule has 5 rings (SSSR count). The Hall–Kier alpha value is -3.00. The SMILES string of the molecule is Cc1c(N(C)C)n2c3ccccc3c3cc(-c4ccccc4)cc1c32. The van der Waals surface area contributed by atoms with Crippen molar-refractivity contribution < 1.29 is 0 Å². The van der Waals surface area contributed by atoms with E-state index in [-0.39, 0.29) is 0 Å². The second-order valence-electron chi connectivity index (χ2n) is 6.98. The van der Waals surface area contributed by atoms with E-state index in [1.807, 2.05) is 0 Å². The van der Waals surface area contributed by atoms with Gasteiger partial charge in [0.05, 0.1) is 11.0 Å². The molecule has 0 bridgehead atoms. The third-order valence-electron chi connectivity index (χ3n) is 5.25. The van der Waals surface area contributed by atoms with Crippen LogP contribution in [0.25, 0.3) is 38.3 Å². The fourth-order valence-corrected chi connectivity index (χ4v) is 4.22. The normalized spacial score (nSPS) is 11.8. The molecule has 0 fully saturated rings. The summed E-state index contributed by atoms with van der Waals surface area (Å²) >= 11 is 0. The van der Waals surface area contributed by atoms with E-state index in [9.17, 15) is 0 Å². The first-order valence-corrected chi connectivity index (χ1v) is 8.68. The van der Waals surface area contributed by atoms with Crippen LogP contribution in [0, 0.1) is 6.92 Å². The third kappa shape index (κ3) is 1.85. The second kappa shape index (κ2) is 5.00. The van der Waals surface area contributed by atoms with Gasteiger partial charge in [-0.3, -0.25) is 4.40 Å². The van der Waals surface area contributed by atoms with Gasteiger partial charge in [0.15, 0.2) is 0 Å². The molecule has 0 atom stereocenters. The van der Waals surface area contributed by atoms with Crippen LogP contribution in [0.1, 0.15) is 5.56 Å². The van der Waals surface area contributed by atoms with Gasteiger partial charge in [0.25, 0.3) is 0 Å². The number of hydrogen-bond acceptors (Lipinski definition) is 1. The third-order valence-corrected chi connectivity index (χ3v) is 5.25. The van der Waals surface area contributed by atoms with Gasteiger partial charge in [-0.1, -0.05) is 48.5 Å². The molecule has 0 N–H and O–H groups in total. The topological polar surface area (TPSA) is 7.65 Å². The Morgan fingerprint density at radius 2 is 1.40 bits per heavy atom. The van der Waals surface area contributed by atoms with Crippen molar-refractivity contribution in [3.05, 3.63) is 72.3 Å². The number of fused-ring (bicyclic) bond motifs is 3. The molecular weight excluding hydrogens is 304 g/mol. The Labute approximate surface area is 147 Å². The molecule has 2 heteroatoms. The summed E-state index contributed by atoms with van der Waals surface area (Å²) in [5.41, 5.74) is 6.51. The van der Waals surface area contributed by atoms with Gasteiger partial charge in [0, 0.05) is 30.3 Å². The number of benzene rings is 3. The van der Waals surface area contributed by atoms with Crippen LogP contribution in [-0.2, 0) is 0 Å². The lowest BCUT2D eigenvalue weighted by Gasteiger charge is -2.14. The summed E-state index contributed by atoms with van der Waals surface area (Å²) in [6.45, 7) is 2.24. The molecule has 3 aromatic carbocycles. The summed E-state index contributed by atoms with van der Waals surface area (Å²) in [7, 11) is 4.26. The van der Waals surface area contributed by atoms with Crippen LogP contribution in [0.2, 0.25) is 0 Å². The number of anilines is 1. The van der Waals surface area contributed by atoms with E-state index in [0.29, 0.717) is 0 Å². The number of aromatic nitrogens is 1. The number of aryl methyl sites for hydroxylation is 1. The molecule has 2 aromatic heterocycles. The predicted octanol–water partition coefficient (Wildman–Crippen LogP) is 5.72. The smallest absolute Gasteiger partial charge is 0.116 e. The summed E-state index contributed by atoms with van der Waals surface area (Å²) in [6.07, 6.45) is 0. The summed E-state index contributed by atoms with van der Waals surface area (Å²) in [6, 6.07) is 24.1. The predicted molar refractivity (Wildman–Crippen MR) is 108 cm³/mol.